The largest absolute Gasteiger partial charge is 0.381 e. The molecule has 3 nitrogen and oxygen atoms in total. The third-order valence-electron chi connectivity index (χ3n) is 2.98. The molecule has 2 N–H and O–H groups in total. The standard InChI is InChI=1S/C15H19N3/c1-3-4-5-6-7-10-13-15(16)17-14-11-8-9-12(2)18(13)14/h8-9,11H,3-6,16H2,1-2H3. The fourth-order valence-corrected chi connectivity index (χ4v) is 2.00. The van der Waals surface area contributed by atoms with Gasteiger partial charge in [-0.2, -0.15) is 0 Å². The summed E-state index contributed by atoms with van der Waals surface area (Å²) in [6, 6.07) is 5.97. The molecule has 0 atom stereocenters. The van der Waals surface area contributed by atoms with Crippen LogP contribution in [-0.2, 0) is 0 Å². The number of rotatable bonds is 3. The number of pyridine rings is 1. The van der Waals surface area contributed by atoms with E-state index in [4.69, 9.17) is 5.73 Å². The molecule has 0 aliphatic rings. The predicted molar refractivity (Wildman–Crippen MR) is 75.4 cm³/mol. The topological polar surface area (TPSA) is 43.3 Å². The second-order valence-corrected chi connectivity index (χ2v) is 4.47. The van der Waals surface area contributed by atoms with Gasteiger partial charge in [-0.05, 0) is 31.4 Å². The number of unbranched alkanes of at least 4 members (excludes halogenated alkanes) is 3. The van der Waals surface area contributed by atoms with Crippen molar-refractivity contribution >= 4 is 11.5 Å². The summed E-state index contributed by atoms with van der Waals surface area (Å²) in [5, 5.41) is 0. The lowest BCUT2D eigenvalue weighted by Crippen LogP contribution is -1.95. The second kappa shape index (κ2) is 5.59. The first-order valence-corrected chi connectivity index (χ1v) is 6.46. The van der Waals surface area contributed by atoms with Crippen LogP contribution in [0.15, 0.2) is 18.2 Å². The molecule has 0 spiro atoms. The average molecular weight is 241 g/mol. The van der Waals surface area contributed by atoms with Crippen LogP contribution in [0.2, 0.25) is 0 Å². The molecule has 0 unspecified atom stereocenters. The molecule has 18 heavy (non-hydrogen) atoms. The van der Waals surface area contributed by atoms with Gasteiger partial charge in [0.1, 0.15) is 11.3 Å². The monoisotopic (exact) mass is 241 g/mol. The third kappa shape index (κ3) is 2.48. The van der Waals surface area contributed by atoms with Crippen LogP contribution < -0.4 is 5.73 Å². The number of nitrogens with two attached hydrogens (primary N) is 1. The summed E-state index contributed by atoms with van der Waals surface area (Å²) in [6.07, 6.45) is 4.53. The van der Waals surface area contributed by atoms with Gasteiger partial charge in [0.25, 0.3) is 0 Å². The van der Waals surface area contributed by atoms with Crippen molar-refractivity contribution in [1.29, 1.82) is 0 Å². The highest BCUT2D eigenvalue weighted by atomic mass is 15.1. The van der Waals surface area contributed by atoms with Gasteiger partial charge in [-0.1, -0.05) is 31.8 Å². The Hall–Kier alpha value is -1.95. The molecular weight excluding hydrogens is 222 g/mol. The highest BCUT2D eigenvalue weighted by Gasteiger charge is 2.07. The Kier molecular flexibility index (Phi) is 3.88. The Morgan fingerprint density at radius 3 is 2.94 bits per heavy atom. The number of hydrogen-bond donors (Lipinski definition) is 1. The van der Waals surface area contributed by atoms with Crippen LogP contribution in [-0.4, -0.2) is 9.38 Å². The number of aromatic nitrogens is 2. The Labute approximate surface area is 108 Å². The minimum absolute atomic E-state index is 0.521. The van der Waals surface area contributed by atoms with Crippen molar-refractivity contribution in [2.24, 2.45) is 0 Å². The Morgan fingerprint density at radius 1 is 1.33 bits per heavy atom. The lowest BCUT2D eigenvalue weighted by atomic mass is 10.2. The molecular formula is C15H19N3. The maximum absolute atomic E-state index is 5.93. The van der Waals surface area contributed by atoms with Crippen LogP contribution in [0.3, 0.4) is 0 Å². The molecule has 0 bridgehead atoms. The van der Waals surface area contributed by atoms with Crippen LogP contribution in [0.5, 0.6) is 0 Å². The molecule has 0 fully saturated rings. The van der Waals surface area contributed by atoms with Crippen molar-refractivity contribution < 1.29 is 0 Å². The van der Waals surface area contributed by atoms with E-state index >= 15 is 0 Å². The van der Waals surface area contributed by atoms with Crippen molar-refractivity contribution in [3.8, 4) is 11.8 Å². The number of nitrogens with zero attached hydrogens (tertiary/aromatic N) is 2. The number of fused-ring (bicyclic) bond motifs is 1. The van der Waals surface area contributed by atoms with E-state index in [1.807, 2.05) is 29.5 Å². The predicted octanol–water partition coefficient (Wildman–Crippen LogP) is 3.16. The quantitative estimate of drug-likeness (QED) is 0.662. The van der Waals surface area contributed by atoms with E-state index in [-0.39, 0.29) is 0 Å². The smallest absolute Gasteiger partial charge is 0.159 e. The van der Waals surface area contributed by atoms with Crippen molar-refractivity contribution in [3.63, 3.8) is 0 Å². The molecule has 0 aliphatic heterocycles. The zero-order chi connectivity index (χ0) is 13.0. The fraction of sp³-hybridized carbons (Fsp3) is 0.400. The fourth-order valence-electron chi connectivity index (χ4n) is 2.00. The molecule has 0 radical (unpaired) electrons. The average Bonchev–Trinajstić information content (AvgIpc) is 2.67. The Balaban J connectivity index is 2.30. The molecule has 0 saturated heterocycles. The van der Waals surface area contributed by atoms with Gasteiger partial charge in [0.05, 0.1) is 0 Å². The highest BCUT2D eigenvalue weighted by molar-refractivity contribution is 5.58. The SMILES string of the molecule is CCCCCC#Cc1c(N)nc2cccc(C)n12. The molecule has 2 rings (SSSR count). The van der Waals surface area contributed by atoms with Crippen LogP contribution in [0.1, 0.15) is 44.0 Å². The zero-order valence-corrected chi connectivity index (χ0v) is 11.0. The first-order chi connectivity index (χ1) is 8.74. The molecule has 0 amide bonds. The van der Waals surface area contributed by atoms with Gasteiger partial charge in [-0.3, -0.25) is 4.40 Å². The highest BCUT2D eigenvalue weighted by Crippen LogP contribution is 2.15. The lowest BCUT2D eigenvalue weighted by Gasteiger charge is -1.99. The number of imidazole rings is 1. The molecule has 3 heteroatoms. The summed E-state index contributed by atoms with van der Waals surface area (Å²) in [6.45, 7) is 4.23. The molecule has 0 aliphatic carbocycles. The normalized spacial score (nSPS) is 10.3. The summed E-state index contributed by atoms with van der Waals surface area (Å²) in [7, 11) is 0. The van der Waals surface area contributed by atoms with Crippen molar-refractivity contribution in [2.45, 2.75) is 39.5 Å². The van der Waals surface area contributed by atoms with Crippen LogP contribution >= 0.6 is 0 Å². The van der Waals surface area contributed by atoms with E-state index in [1.165, 1.54) is 12.8 Å². The number of aryl methyl sites for hydroxylation is 1. The third-order valence-corrected chi connectivity index (χ3v) is 2.98. The van der Waals surface area contributed by atoms with E-state index in [0.29, 0.717) is 5.82 Å². The van der Waals surface area contributed by atoms with Crippen molar-refractivity contribution in [3.05, 3.63) is 29.6 Å². The van der Waals surface area contributed by atoms with Gasteiger partial charge in [-0.25, -0.2) is 4.98 Å². The molecule has 0 aromatic carbocycles. The Bertz CT molecular complexity index is 599. The zero-order valence-electron chi connectivity index (χ0n) is 11.0. The van der Waals surface area contributed by atoms with E-state index in [2.05, 4.69) is 23.7 Å². The van der Waals surface area contributed by atoms with Crippen molar-refractivity contribution in [2.75, 3.05) is 5.73 Å². The van der Waals surface area contributed by atoms with Crippen molar-refractivity contribution in [1.82, 2.24) is 9.38 Å². The molecule has 2 aromatic heterocycles. The van der Waals surface area contributed by atoms with Crippen LogP contribution in [0.25, 0.3) is 5.65 Å². The molecule has 0 saturated carbocycles. The number of nitrogen functional groups attached to an aromatic ring is 1. The summed E-state index contributed by atoms with van der Waals surface area (Å²) in [4.78, 5) is 4.33. The van der Waals surface area contributed by atoms with Crippen LogP contribution in [0.4, 0.5) is 5.82 Å². The first kappa shape index (κ1) is 12.5. The Morgan fingerprint density at radius 2 is 2.17 bits per heavy atom. The summed E-state index contributed by atoms with van der Waals surface area (Å²) in [5.74, 6) is 6.87. The number of anilines is 1. The maximum Gasteiger partial charge on any atom is 0.159 e. The minimum atomic E-state index is 0.521. The van der Waals surface area contributed by atoms with Gasteiger partial charge >= 0.3 is 0 Å². The molecule has 94 valence electrons. The number of hydrogen-bond acceptors (Lipinski definition) is 2. The molecule has 2 heterocycles. The summed E-state index contributed by atoms with van der Waals surface area (Å²) < 4.78 is 2.02. The molecule has 2 aromatic rings. The lowest BCUT2D eigenvalue weighted by molar-refractivity contribution is 0.737. The second-order valence-electron chi connectivity index (χ2n) is 4.47. The first-order valence-electron chi connectivity index (χ1n) is 6.46. The van der Waals surface area contributed by atoms with E-state index in [9.17, 15) is 0 Å². The van der Waals surface area contributed by atoms with Gasteiger partial charge in [-0.15, -0.1) is 0 Å². The summed E-state index contributed by atoms with van der Waals surface area (Å²) in [5.41, 5.74) is 8.72. The van der Waals surface area contributed by atoms with Gasteiger partial charge in [0, 0.05) is 12.1 Å². The van der Waals surface area contributed by atoms with Gasteiger partial charge < -0.3 is 5.73 Å². The minimum Gasteiger partial charge on any atom is -0.381 e. The van der Waals surface area contributed by atoms with E-state index in [1.54, 1.807) is 0 Å². The maximum atomic E-state index is 5.93. The van der Waals surface area contributed by atoms with Gasteiger partial charge in [0.2, 0.25) is 0 Å². The van der Waals surface area contributed by atoms with E-state index < -0.39 is 0 Å². The van der Waals surface area contributed by atoms with Gasteiger partial charge in [0.15, 0.2) is 5.82 Å². The van der Waals surface area contributed by atoms with E-state index in [0.717, 1.165) is 29.9 Å². The summed E-state index contributed by atoms with van der Waals surface area (Å²) >= 11 is 0. The van der Waals surface area contributed by atoms with Crippen LogP contribution in [0, 0.1) is 18.8 Å².